The molecular formula is C14H22O6. The molecule has 0 aromatic rings. The van der Waals surface area contributed by atoms with Crippen molar-refractivity contribution in [3.63, 3.8) is 0 Å². The van der Waals surface area contributed by atoms with Crippen LogP contribution in [0, 0.1) is 11.3 Å². The lowest BCUT2D eigenvalue weighted by Crippen LogP contribution is -2.62. The summed E-state index contributed by atoms with van der Waals surface area (Å²) in [5, 5.41) is 39.8. The van der Waals surface area contributed by atoms with Gasteiger partial charge in [-0.2, -0.15) is 0 Å². The lowest BCUT2D eigenvalue weighted by Gasteiger charge is -2.40. The van der Waals surface area contributed by atoms with Crippen molar-refractivity contribution in [1.82, 2.24) is 0 Å². The standard InChI is InChI=1S/C14H22O6/c1-13-3-2-6(4-13)5-14(13)19-11-9(17)7(15)8(16)10(18)12(11)20-14/h6-12,15-18H,2-5H2,1H3/t6?,7?,8?,9?,10?,11?,12?,13-,14?/m1/s1. The van der Waals surface area contributed by atoms with E-state index in [1.165, 1.54) is 0 Å². The fourth-order valence-electron chi connectivity index (χ4n) is 4.81. The molecule has 0 aromatic heterocycles. The molecule has 8 atom stereocenters. The van der Waals surface area contributed by atoms with Gasteiger partial charge in [0.25, 0.3) is 0 Å². The largest absolute Gasteiger partial charge is 0.387 e. The van der Waals surface area contributed by atoms with E-state index in [-0.39, 0.29) is 5.41 Å². The Morgan fingerprint density at radius 3 is 1.80 bits per heavy atom. The van der Waals surface area contributed by atoms with Crippen molar-refractivity contribution in [2.24, 2.45) is 11.3 Å². The minimum Gasteiger partial charge on any atom is -0.387 e. The van der Waals surface area contributed by atoms with Gasteiger partial charge in [-0.15, -0.1) is 0 Å². The lowest BCUT2D eigenvalue weighted by atomic mass is 9.80. The molecule has 1 heterocycles. The van der Waals surface area contributed by atoms with Gasteiger partial charge in [0, 0.05) is 11.8 Å². The highest BCUT2D eigenvalue weighted by atomic mass is 16.8. The molecular weight excluding hydrogens is 264 g/mol. The van der Waals surface area contributed by atoms with Crippen molar-refractivity contribution >= 4 is 0 Å². The SMILES string of the molecule is C[C@]12CCC(CC13OC1C(O)C(O)C(O)C(O)C1O3)C2. The highest BCUT2D eigenvalue weighted by Gasteiger charge is 2.69. The van der Waals surface area contributed by atoms with Gasteiger partial charge in [-0.3, -0.25) is 0 Å². The van der Waals surface area contributed by atoms with Gasteiger partial charge in [-0.1, -0.05) is 6.92 Å². The highest BCUT2D eigenvalue weighted by Crippen LogP contribution is 2.64. The Hall–Kier alpha value is -0.240. The first-order valence-electron chi connectivity index (χ1n) is 7.45. The predicted octanol–water partition coefficient (Wildman–Crippen LogP) is -0.866. The first-order valence-corrected chi connectivity index (χ1v) is 7.45. The molecule has 3 saturated carbocycles. The number of aliphatic hydroxyl groups is 4. The first-order chi connectivity index (χ1) is 9.37. The minimum atomic E-state index is -1.41. The monoisotopic (exact) mass is 286 g/mol. The van der Waals surface area contributed by atoms with Crippen LogP contribution in [0.2, 0.25) is 0 Å². The van der Waals surface area contributed by atoms with Crippen LogP contribution in [0.4, 0.5) is 0 Å². The van der Waals surface area contributed by atoms with Crippen LogP contribution >= 0.6 is 0 Å². The van der Waals surface area contributed by atoms with E-state index in [1.54, 1.807) is 0 Å². The molecule has 114 valence electrons. The van der Waals surface area contributed by atoms with E-state index in [4.69, 9.17) is 9.47 Å². The van der Waals surface area contributed by atoms with Crippen molar-refractivity contribution < 1.29 is 29.9 Å². The summed E-state index contributed by atoms with van der Waals surface area (Å²) >= 11 is 0. The summed E-state index contributed by atoms with van der Waals surface area (Å²) < 4.78 is 12.1. The fourth-order valence-corrected chi connectivity index (χ4v) is 4.81. The number of hydrogen-bond donors (Lipinski definition) is 4. The smallest absolute Gasteiger partial charge is 0.175 e. The molecule has 4 rings (SSSR count). The Bertz CT molecular complexity index is 406. The molecule has 4 fully saturated rings. The Kier molecular flexibility index (Phi) is 2.64. The number of ether oxygens (including phenoxy) is 2. The second-order valence-electron chi connectivity index (χ2n) is 7.25. The summed E-state index contributed by atoms with van der Waals surface area (Å²) in [5.41, 5.74) is -0.107. The number of rotatable bonds is 0. The van der Waals surface area contributed by atoms with E-state index in [2.05, 4.69) is 6.92 Å². The Morgan fingerprint density at radius 1 is 0.850 bits per heavy atom. The van der Waals surface area contributed by atoms with E-state index < -0.39 is 42.4 Å². The van der Waals surface area contributed by atoms with E-state index in [1.807, 2.05) is 0 Å². The fraction of sp³-hybridized carbons (Fsp3) is 1.00. The quantitative estimate of drug-likeness (QED) is 0.462. The average molecular weight is 286 g/mol. The Labute approximate surface area is 117 Å². The first kappa shape index (κ1) is 13.4. The molecule has 6 heteroatoms. The molecule has 1 saturated heterocycles. The zero-order valence-electron chi connectivity index (χ0n) is 11.5. The van der Waals surface area contributed by atoms with Gasteiger partial charge in [0.2, 0.25) is 0 Å². The van der Waals surface area contributed by atoms with Gasteiger partial charge in [0.05, 0.1) is 0 Å². The maximum Gasteiger partial charge on any atom is 0.175 e. The molecule has 7 unspecified atom stereocenters. The third-order valence-corrected chi connectivity index (χ3v) is 6.02. The summed E-state index contributed by atoms with van der Waals surface area (Å²) in [6.45, 7) is 2.13. The molecule has 4 N–H and O–H groups in total. The van der Waals surface area contributed by atoms with Crippen LogP contribution in [0.15, 0.2) is 0 Å². The van der Waals surface area contributed by atoms with E-state index in [9.17, 15) is 20.4 Å². The summed E-state index contributed by atoms with van der Waals surface area (Å²) in [5.74, 6) is -0.221. The molecule has 6 nitrogen and oxygen atoms in total. The maximum atomic E-state index is 10.1. The molecule has 1 aliphatic heterocycles. The third kappa shape index (κ3) is 1.44. The predicted molar refractivity (Wildman–Crippen MR) is 66.6 cm³/mol. The average Bonchev–Trinajstić information content (AvgIpc) is 3.05. The molecule has 20 heavy (non-hydrogen) atoms. The van der Waals surface area contributed by atoms with Crippen LogP contribution in [0.1, 0.15) is 32.6 Å². The normalized spacial score (nSPS) is 65.0. The summed E-state index contributed by atoms with van der Waals surface area (Å²) in [6, 6.07) is 0. The number of hydrogen-bond acceptors (Lipinski definition) is 6. The second-order valence-corrected chi connectivity index (χ2v) is 7.25. The summed E-state index contributed by atoms with van der Waals surface area (Å²) in [4.78, 5) is 0. The topological polar surface area (TPSA) is 99.4 Å². The van der Waals surface area contributed by atoms with Crippen molar-refractivity contribution in [3.05, 3.63) is 0 Å². The van der Waals surface area contributed by atoms with Crippen molar-refractivity contribution in [3.8, 4) is 0 Å². The van der Waals surface area contributed by atoms with Crippen molar-refractivity contribution in [2.75, 3.05) is 0 Å². The van der Waals surface area contributed by atoms with Crippen LogP contribution in [-0.4, -0.2) is 62.8 Å². The van der Waals surface area contributed by atoms with E-state index in [0.29, 0.717) is 5.92 Å². The molecule has 2 bridgehead atoms. The zero-order chi connectivity index (χ0) is 14.3. The van der Waals surface area contributed by atoms with Gasteiger partial charge < -0.3 is 29.9 Å². The highest BCUT2D eigenvalue weighted by molar-refractivity contribution is 5.12. The Morgan fingerprint density at radius 2 is 1.40 bits per heavy atom. The van der Waals surface area contributed by atoms with Gasteiger partial charge in [-0.05, 0) is 25.2 Å². The van der Waals surface area contributed by atoms with Crippen LogP contribution in [0.3, 0.4) is 0 Å². The second kappa shape index (κ2) is 3.94. The molecule has 0 radical (unpaired) electrons. The summed E-state index contributed by atoms with van der Waals surface area (Å²) in [6.07, 6.45) is -2.87. The Balaban J connectivity index is 1.67. The molecule has 3 aliphatic carbocycles. The van der Waals surface area contributed by atoms with Crippen LogP contribution < -0.4 is 0 Å². The zero-order valence-corrected chi connectivity index (χ0v) is 11.5. The lowest BCUT2D eigenvalue weighted by molar-refractivity contribution is -0.246. The van der Waals surface area contributed by atoms with Crippen molar-refractivity contribution in [1.29, 1.82) is 0 Å². The van der Waals surface area contributed by atoms with Gasteiger partial charge >= 0.3 is 0 Å². The molecule has 0 amide bonds. The van der Waals surface area contributed by atoms with Crippen LogP contribution in [0.5, 0.6) is 0 Å². The summed E-state index contributed by atoms with van der Waals surface area (Å²) in [7, 11) is 0. The number of fused-ring (bicyclic) bond motifs is 4. The van der Waals surface area contributed by atoms with Crippen LogP contribution in [0.25, 0.3) is 0 Å². The molecule has 0 aromatic carbocycles. The van der Waals surface area contributed by atoms with Crippen LogP contribution in [-0.2, 0) is 9.47 Å². The van der Waals surface area contributed by atoms with E-state index >= 15 is 0 Å². The van der Waals surface area contributed by atoms with Gasteiger partial charge in [0.1, 0.15) is 36.6 Å². The van der Waals surface area contributed by atoms with Gasteiger partial charge in [-0.25, -0.2) is 0 Å². The number of aliphatic hydroxyl groups excluding tert-OH is 4. The maximum absolute atomic E-state index is 10.1. The molecule has 4 aliphatic rings. The van der Waals surface area contributed by atoms with Gasteiger partial charge in [0.15, 0.2) is 5.79 Å². The molecule has 1 spiro atoms. The minimum absolute atomic E-state index is 0.107. The third-order valence-electron chi connectivity index (χ3n) is 6.02. The van der Waals surface area contributed by atoms with E-state index in [0.717, 1.165) is 25.7 Å². The van der Waals surface area contributed by atoms with Crippen molar-refractivity contribution in [2.45, 2.75) is 75.0 Å².